The summed E-state index contributed by atoms with van der Waals surface area (Å²) < 4.78 is 14.0. The summed E-state index contributed by atoms with van der Waals surface area (Å²) in [5.41, 5.74) is 0. The summed E-state index contributed by atoms with van der Waals surface area (Å²) in [7, 11) is -16.0. The van der Waals surface area contributed by atoms with Crippen molar-refractivity contribution in [3.63, 3.8) is 0 Å². The summed E-state index contributed by atoms with van der Waals surface area (Å²) in [5, 5.41) is 1.07. The zero-order valence-electron chi connectivity index (χ0n) is 35.8. The molecule has 1 aliphatic heterocycles. The normalized spacial score (nSPS) is 25.2. The molecule has 264 valence electrons. The minimum absolute atomic E-state index is 0.268. The molecule has 1 heterocycles. The summed E-state index contributed by atoms with van der Waals surface area (Å²) in [4.78, 5) is 0. The Bertz CT molecular complexity index is 918. The topological polar surface area (TPSA) is 13.0 Å². The smallest absolute Gasteiger partial charge is 0.250 e. The molecule has 0 bridgehead atoms. The van der Waals surface area contributed by atoms with Crippen molar-refractivity contribution in [1.82, 2.24) is 15.6 Å². The Morgan fingerprint density at radius 2 is 0.523 bits per heavy atom. The van der Waals surface area contributed by atoms with Crippen molar-refractivity contribution in [2.45, 2.75) is 208 Å². The second-order valence-electron chi connectivity index (χ2n) is 23.1. The largest absolute Gasteiger partial charge is 0.344 e. The van der Waals surface area contributed by atoms with E-state index in [1.165, 1.54) is 0 Å². The highest BCUT2D eigenvalue weighted by molar-refractivity contribution is 7.27. The van der Waals surface area contributed by atoms with Gasteiger partial charge in [-0.1, -0.05) is 175 Å². The van der Waals surface area contributed by atoms with Gasteiger partial charge in [-0.3, -0.25) is 0 Å². The van der Waals surface area contributed by atoms with E-state index in [0.717, 1.165) is 0 Å². The van der Waals surface area contributed by atoms with E-state index < -0.39 is 66.5 Å². The zero-order chi connectivity index (χ0) is 36.3. The molecule has 1 saturated heterocycles. The Morgan fingerprint density at radius 3 is 0.614 bits per heavy atom. The molecule has 1 fully saturated rings. The quantitative estimate of drug-likeness (QED) is 0.229. The molecule has 0 aromatic heterocycles. The van der Waals surface area contributed by atoms with Crippen LogP contribution in [0.1, 0.15) is 83.1 Å². The van der Waals surface area contributed by atoms with Crippen LogP contribution in [0.2, 0.25) is 125 Å². The molecule has 12 heteroatoms. The molecule has 0 radical (unpaired) electrons. The first-order valence-electron chi connectivity index (χ1n) is 17.7. The van der Waals surface area contributed by atoms with E-state index in [2.05, 4.69) is 203 Å². The van der Waals surface area contributed by atoms with Gasteiger partial charge in [-0.25, -0.2) is 0 Å². The summed E-state index contributed by atoms with van der Waals surface area (Å²) in [6, 6.07) is 0. The third-order valence-electron chi connectivity index (χ3n) is 12.0. The number of hydrogen-bond acceptors (Lipinski definition) is 4. The van der Waals surface area contributed by atoms with E-state index in [-0.39, 0.29) is 20.2 Å². The van der Waals surface area contributed by atoms with Crippen LogP contribution in [0.4, 0.5) is 0 Å². The monoisotopic (exact) mass is 748 g/mol. The molecule has 0 unspecified atom stereocenters. The molecule has 1 aliphatic rings. The van der Waals surface area contributed by atoms with Gasteiger partial charge in [-0.2, -0.15) is 0 Å². The average Bonchev–Trinajstić information content (AvgIpc) is 2.58. The maximum Gasteiger partial charge on any atom is 0.250 e. The van der Waals surface area contributed by atoms with Crippen molar-refractivity contribution >= 4 is 66.5 Å². The summed E-state index contributed by atoms with van der Waals surface area (Å²) >= 11 is 0. The molecule has 0 spiro atoms. The minimum Gasteiger partial charge on any atom is -0.344 e. The molecule has 0 aliphatic carbocycles. The van der Waals surface area contributed by atoms with Crippen LogP contribution in [0.25, 0.3) is 0 Å². The van der Waals surface area contributed by atoms with Gasteiger partial charge in [0.2, 0.25) is 17.1 Å². The van der Waals surface area contributed by atoms with Gasteiger partial charge < -0.3 is 15.6 Å². The molecular formula is C32H84N4Si8. The van der Waals surface area contributed by atoms with Gasteiger partial charge in [0.15, 0.2) is 0 Å². The van der Waals surface area contributed by atoms with Crippen LogP contribution in [0.5, 0.6) is 0 Å². The Kier molecular flexibility index (Phi) is 11.5. The maximum atomic E-state index is 3.51. The van der Waals surface area contributed by atoms with Gasteiger partial charge in [-0.05, 0) is 33.2 Å². The van der Waals surface area contributed by atoms with Gasteiger partial charge in [0.1, 0.15) is 49.4 Å². The summed E-state index contributed by atoms with van der Waals surface area (Å²) in [6.07, 6.45) is 0. The lowest BCUT2D eigenvalue weighted by Crippen LogP contribution is -3.10. The highest BCUT2D eigenvalue weighted by atomic mass is 28.6. The highest BCUT2D eigenvalue weighted by Crippen LogP contribution is 2.63. The van der Waals surface area contributed by atoms with Gasteiger partial charge in [-0.15, -0.1) is 0 Å². The van der Waals surface area contributed by atoms with Crippen molar-refractivity contribution < 1.29 is 0 Å². The van der Waals surface area contributed by atoms with Gasteiger partial charge in [0.05, 0.1) is 0 Å². The lowest BCUT2D eigenvalue weighted by molar-refractivity contribution is 0.443. The molecule has 44 heavy (non-hydrogen) atoms. The molecule has 0 amide bonds. The SMILES string of the molecule is CC(C)(C)[Si](C)(N([Si](C)(C)C)[Si]1(C)N([Si](C)(C)C)[Si](C)(N([Si](C)(C)C)[Si](C)(C(C)(C)C)C(C)(C)C)N1[Si](C)(C)C)C(C)(C)C. The van der Waals surface area contributed by atoms with Crippen LogP contribution in [-0.2, 0) is 0 Å². The lowest BCUT2D eigenvalue weighted by Gasteiger charge is -2.86. The Labute approximate surface area is 288 Å². The molecule has 0 aromatic rings. The fraction of sp³-hybridized carbons (Fsp3) is 1.00. The molecule has 0 aromatic carbocycles. The first kappa shape index (κ1) is 43.6. The van der Waals surface area contributed by atoms with Crippen molar-refractivity contribution in [3.8, 4) is 0 Å². The number of nitrogens with zero attached hydrogens (tertiary/aromatic N) is 4. The predicted molar refractivity (Wildman–Crippen MR) is 226 cm³/mol. The fourth-order valence-corrected chi connectivity index (χ4v) is 95.0. The second-order valence-corrected chi connectivity index (χ2v) is 65.4. The Hall–Kier alpha value is 1.58. The third kappa shape index (κ3) is 6.58. The molecule has 0 N–H and O–H groups in total. The van der Waals surface area contributed by atoms with Crippen molar-refractivity contribution in [3.05, 3.63) is 0 Å². The van der Waals surface area contributed by atoms with Crippen LogP contribution < -0.4 is 0 Å². The van der Waals surface area contributed by atoms with Gasteiger partial charge in [0.25, 0.3) is 0 Å². The van der Waals surface area contributed by atoms with Crippen LogP contribution in [-0.4, -0.2) is 82.1 Å². The first-order chi connectivity index (χ1) is 18.5. The van der Waals surface area contributed by atoms with E-state index in [1.54, 1.807) is 0 Å². The van der Waals surface area contributed by atoms with Crippen molar-refractivity contribution in [2.75, 3.05) is 0 Å². The molecular weight excluding hydrogens is 665 g/mol. The van der Waals surface area contributed by atoms with Crippen LogP contribution in [0.3, 0.4) is 0 Å². The average molecular weight is 750 g/mol. The van der Waals surface area contributed by atoms with E-state index in [0.29, 0.717) is 0 Å². The van der Waals surface area contributed by atoms with Crippen molar-refractivity contribution in [1.29, 1.82) is 0 Å². The zero-order valence-corrected chi connectivity index (χ0v) is 43.8. The van der Waals surface area contributed by atoms with E-state index in [1.807, 2.05) is 0 Å². The fourth-order valence-electron chi connectivity index (χ4n) is 11.0. The maximum absolute atomic E-state index is 3.51. The summed E-state index contributed by atoms with van der Waals surface area (Å²) in [6.45, 7) is 75.5. The van der Waals surface area contributed by atoms with E-state index >= 15 is 0 Å². The van der Waals surface area contributed by atoms with Gasteiger partial charge in [0, 0.05) is 0 Å². The number of hydrogen-bond donors (Lipinski definition) is 0. The molecule has 4 nitrogen and oxygen atoms in total. The van der Waals surface area contributed by atoms with Gasteiger partial charge >= 0.3 is 0 Å². The predicted octanol–water partition coefficient (Wildman–Crippen LogP) is 12.0. The minimum atomic E-state index is -2.31. The standard InChI is InChI=1S/C32H84N4Si8/c1-29(2,3)41(25,30(4,5)6)33(37(13,14)15)43(27)35(39(19,20)21)44(28,36(43)40(22,23)24)34(38(16,17)18)42(26,31(7,8)9)32(10,11)12/h1-28H3. The Morgan fingerprint density at radius 1 is 0.364 bits per heavy atom. The van der Waals surface area contributed by atoms with E-state index in [9.17, 15) is 0 Å². The second kappa shape index (κ2) is 11.6. The highest BCUT2D eigenvalue weighted by Gasteiger charge is 2.82. The Balaban J connectivity index is 4.75. The first-order valence-corrected chi connectivity index (χ1v) is 41.0. The molecule has 0 atom stereocenters. The number of rotatable bonds is 8. The molecule has 0 saturated carbocycles. The van der Waals surface area contributed by atoms with Crippen LogP contribution in [0, 0.1) is 0 Å². The van der Waals surface area contributed by atoms with Crippen LogP contribution in [0.15, 0.2) is 0 Å². The van der Waals surface area contributed by atoms with E-state index in [4.69, 9.17) is 0 Å². The summed E-state index contributed by atoms with van der Waals surface area (Å²) in [5.74, 6) is 0. The lowest BCUT2D eigenvalue weighted by atomic mass is 10.2. The van der Waals surface area contributed by atoms with Crippen molar-refractivity contribution in [2.24, 2.45) is 0 Å². The third-order valence-corrected chi connectivity index (χ3v) is 72.6. The molecule has 1 rings (SSSR count). The van der Waals surface area contributed by atoms with Crippen LogP contribution >= 0.6 is 0 Å².